The number of carbonyl (C=O) groups excluding carboxylic acids is 1. The van der Waals surface area contributed by atoms with Crippen LogP contribution in [0.5, 0.6) is 0 Å². The van der Waals surface area contributed by atoms with Gasteiger partial charge in [0, 0.05) is 25.0 Å². The van der Waals surface area contributed by atoms with E-state index in [9.17, 15) is 4.79 Å². The summed E-state index contributed by atoms with van der Waals surface area (Å²) < 4.78 is 0. The topological polar surface area (TPSA) is 59.9 Å². The van der Waals surface area contributed by atoms with Crippen LogP contribution < -0.4 is 0 Å². The van der Waals surface area contributed by atoms with E-state index in [1.54, 1.807) is 17.2 Å². The quantitative estimate of drug-likeness (QED) is 0.622. The third-order valence-corrected chi connectivity index (χ3v) is 2.92. The Balaban J connectivity index is 2.13. The Hall–Kier alpha value is -2.02. The molecule has 1 saturated heterocycles. The summed E-state index contributed by atoms with van der Waals surface area (Å²) in [5.74, 6) is -0.151. The van der Waals surface area contributed by atoms with Crippen molar-refractivity contribution in [3.63, 3.8) is 0 Å². The van der Waals surface area contributed by atoms with Crippen LogP contribution in [0.4, 0.5) is 0 Å². The molecule has 1 aliphatic heterocycles. The molecule has 1 N–H and O–H groups in total. The molecule has 0 bridgehead atoms. The van der Waals surface area contributed by atoms with E-state index in [4.69, 9.17) is 5.26 Å². The smallest absolute Gasteiger partial charge is 0.264 e. The highest BCUT2D eigenvalue weighted by molar-refractivity contribution is 6.01. The fraction of sp³-hybridized carbons (Fsp3) is 0.385. The van der Waals surface area contributed by atoms with E-state index in [2.05, 4.69) is 4.98 Å². The molecule has 1 amide bonds. The highest BCUT2D eigenvalue weighted by atomic mass is 16.2. The lowest BCUT2D eigenvalue weighted by molar-refractivity contribution is -0.127. The van der Waals surface area contributed by atoms with E-state index in [1.807, 2.05) is 18.2 Å². The van der Waals surface area contributed by atoms with Gasteiger partial charge in [-0.25, -0.2) is 0 Å². The second-order valence-corrected chi connectivity index (χ2v) is 4.15. The van der Waals surface area contributed by atoms with Crippen molar-refractivity contribution in [1.29, 1.82) is 5.26 Å². The lowest BCUT2D eigenvalue weighted by Crippen LogP contribution is -2.36. The van der Waals surface area contributed by atoms with Gasteiger partial charge in [0.1, 0.15) is 11.6 Å². The van der Waals surface area contributed by atoms with Crippen LogP contribution in [-0.2, 0) is 4.79 Å². The molecule has 4 nitrogen and oxygen atoms in total. The average molecular weight is 229 g/mol. The monoisotopic (exact) mass is 229 g/mol. The number of likely N-dealkylation sites (tertiary alicyclic amines) is 1. The van der Waals surface area contributed by atoms with Crippen molar-refractivity contribution in [3.8, 4) is 6.07 Å². The fourth-order valence-corrected chi connectivity index (χ4v) is 2.00. The third-order valence-electron chi connectivity index (χ3n) is 2.92. The van der Waals surface area contributed by atoms with Gasteiger partial charge in [-0.2, -0.15) is 5.26 Å². The number of aromatic amines is 1. The normalized spacial score (nSPS) is 16.6. The molecular weight excluding hydrogens is 214 g/mol. The molecule has 1 aliphatic rings. The Morgan fingerprint density at radius 1 is 1.41 bits per heavy atom. The van der Waals surface area contributed by atoms with Crippen LogP contribution in [0.2, 0.25) is 0 Å². The predicted molar refractivity (Wildman–Crippen MR) is 64.8 cm³/mol. The summed E-state index contributed by atoms with van der Waals surface area (Å²) in [5, 5.41) is 9.05. The number of rotatable bonds is 2. The number of aromatic nitrogens is 1. The SMILES string of the molecule is N#C/C(=C\c1ccc[nH]1)C(=O)N1CCCCC1. The molecule has 88 valence electrons. The van der Waals surface area contributed by atoms with Crippen molar-refractivity contribution in [2.45, 2.75) is 19.3 Å². The van der Waals surface area contributed by atoms with Gasteiger partial charge in [-0.1, -0.05) is 0 Å². The molecule has 0 radical (unpaired) electrons. The Morgan fingerprint density at radius 2 is 2.18 bits per heavy atom. The Morgan fingerprint density at radius 3 is 2.76 bits per heavy atom. The molecule has 1 aromatic rings. The Labute approximate surface area is 101 Å². The van der Waals surface area contributed by atoms with Gasteiger partial charge in [-0.3, -0.25) is 4.79 Å². The van der Waals surface area contributed by atoms with Gasteiger partial charge in [0.25, 0.3) is 5.91 Å². The third kappa shape index (κ3) is 2.76. The van der Waals surface area contributed by atoms with Crippen molar-refractivity contribution in [3.05, 3.63) is 29.6 Å². The minimum absolute atomic E-state index is 0.151. The van der Waals surface area contributed by atoms with Crippen molar-refractivity contribution >= 4 is 12.0 Å². The minimum atomic E-state index is -0.151. The number of H-pyrrole nitrogens is 1. The summed E-state index contributed by atoms with van der Waals surface area (Å²) in [6, 6.07) is 5.66. The maximum Gasteiger partial charge on any atom is 0.264 e. The molecule has 4 heteroatoms. The van der Waals surface area contributed by atoms with Crippen LogP contribution >= 0.6 is 0 Å². The molecule has 2 rings (SSSR count). The van der Waals surface area contributed by atoms with Gasteiger partial charge < -0.3 is 9.88 Å². The Bertz CT molecular complexity index is 448. The summed E-state index contributed by atoms with van der Waals surface area (Å²) >= 11 is 0. The lowest BCUT2D eigenvalue weighted by Gasteiger charge is -2.26. The summed E-state index contributed by atoms with van der Waals surface area (Å²) in [7, 11) is 0. The molecule has 2 heterocycles. The largest absolute Gasteiger partial charge is 0.362 e. The number of amides is 1. The lowest BCUT2D eigenvalue weighted by atomic mass is 10.1. The van der Waals surface area contributed by atoms with Gasteiger partial charge in [-0.05, 0) is 37.5 Å². The number of hydrogen-bond donors (Lipinski definition) is 1. The second-order valence-electron chi connectivity index (χ2n) is 4.15. The molecular formula is C13H15N3O. The number of nitrogens with one attached hydrogen (secondary N) is 1. The first kappa shape index (κ1) is 11.5. The maximum atomic E-state index is 12.1. The van der Waals surface area contributed by atoms with Crippen molar-refractivity contribution in [2.75, 3.05) is 13.1 Å². The van der Waals surface area contributed by atoms with Crippen LogP contribution in [0.3, 0.4) is 0 Å². The van der Waals surface area contributed by atoms with Gasteiger partial charge in [0.2, 0.25) is 0 Å². The number of carbonyl (C=O) groups is 1. The summed E-state index contributed by atoms with van der Waals surface area (Å²) in [5.41, 5.74) is 0.987. The highest BCUT2D eigenvalue weighted by Gasteiger charge is 2.20. The first-order valence-corrected chi connectivity index (χ1v) is 5.86. The summed E-state index contributed by atoms with van der Waals surface area (Å²) in [6.07, 6.45) is 6.62. The van der Waals surface area contributed by atoms with Crippen molar-refractivity contribution in [2.24, 2.45) is 0 Å². The van der Waals surface area contributed by atoms with Crippen LogP contribution in [-0.4, -0.2) is 28.9 Å². The molecule has 1 aromatic heterocycles. The van der Waals surface area contributed by atoms with Crippen LogP contribution in [0.15, 0.2) is 23.9 Å². The molecule has 0 aromatic carbocycles. The van der Waals surface area contributed by atoms with E-state index in [1.165, 1.54) is 6.42 Å². The van der Waals surface area contributed by atoms with Gasteiger partial charge in [0.15, 0.2) is 0 Å². The molecule has 1 fully saturated rings. The molecule has 0 atom stereocenters. The highest BCUT2D eigenvalue weighted by Crippen LogP contribution is 2.13. The molecule has 17 heavy (non-hydrogen) atoms. The van der Waals surface area contributed by atoms with Gasteiger partial charge >= 0.3 is 0 Å². The standard InChI is InChI=1S/C13H15N3O/c14-10-11(9-12-5-4-6-15-12)13(17)16-7-2-1-3-8-16/h4-6,9,15H,1-3,7-8H2/b11-9+. The van der Waals surface area contributed by atoms with Gasteiger partial charge in [0.05, 0.1) is 0 Å². The molecule has 0 saturated carbocycles. The van der Waals surface area contributed by atoms with Gasteiger partial charge in [-0.15, -0.1) is 0 Å². The summed E-state index contributed by atoms with van der Waals surface area (Å²) in [4.78, 5) is 16.8. The fourth-order valence-electron chi connectivity index (χ4n) is 2.00. The van der Waals surface area contributed by atoms with E-state index in [-0.39, 0.29) is 11.5 Å². The second kappa shape index (κ2) is 5.35. The predicted octanol–water partition coefficient (Wildman–Crippen LogP) is 1.93. The van der Waals surface area contributed by atoms with E-state index >= 15 is 0 Å². The first-order valence-electron chi connectivity index (χ1n) is 5.86. The van der Waals surface area contributed by atoms with Crippen molar-refractivity contribution < 1.29 is 4.79 Å². The van der Waals surface area contributed by atoms with Crippen LogP contribution in [0, 0.1) is 11.3 Å². The Kier molecular flexibility index (Phi) is 3.61. The number of hydrogen-bond acceptors (Lipinski definition) is 2. The number of piperidine rings is 1. The number of nitriles is 1. The molecule has 0 aliphatic carbocycles. The van der Waals surface area contributed by atoms with Crippen LogP contribution in [0.1, 0.15) is 25.0 Å². The molecule has 0 unspecified atom stereocenters. The van der Waals surface area contributed by atoms with E-state index < -0.39 is 0 Å². The maximum absolute atomic E-state index is 12.1. The zero-order chi connectivity index (χ0) is 12.1. The zero-order valence-electron chi connectivity index (χ0n) is 9.65. The van der Waals surface area contributed by atoms with Crippen molar-refractivity contribution in [1.82, 2.24) is 9.88 Å². The zero-order valence-corrected chi connectivity index (χ0v) is 9.65. The first-order chi connectivity index (χ1) is 8.31. The van der Waals surface area contributed by atoms with Crippen LogP contribution in [0.25, 0.3) is 6.08 Å². The van der Waals surface area contributed by atoms with E-state index in [0.29, 0.717) is 0 Å². The van der Waals surface area contributed by atoms with E-state index in [0.717, 1.165) is 31.6 Å². The average Bonchev–Trinajstić information content (AvgIpc) is 2.89. The molecule has 0 spiro atoms. The number of nitrogens with zero attached hydrogens (tertiary/aromatic N) is 2. The summed E-state index contributed by atoms with van der Waals surface area (Å²) in [6.45, 7) is 1.53. The minimum Gasteiger partial charge on any atom is -0.362 e.